The second-order valence-electron chi connectivity index (χ2n) is 6.55. The van der Waals surface area contributed by atoms with Crippen molar-refractivity contribution in [2.45, 2.75) is 56.8 Å². The minimum absolute atomic E-state index is 0.0198. The number of sulfonamides is 1. The largest absolute Gasteiger partial charge is 0.478 e. The zero-order valence-corrected chi connectivity index (χ0v) is 16.1. The van der Waals surface area contributed by atoms with Crippen molar-refractivity contribution in [2.24, 2.45) is 0 Å². The molecule has 0 fully saturated rings. The van der Waals surface area contributed by atoms with Crippen molar-refractivity contribution in [3.63, 3.8) is 0 Å². The minimum Gasteiger partial charge on any atom is -0.478 e. The van der Waals surface area contributed by atoms with Gasteiger partial charge in [-0.2, -0.15) is 0 Å². The highest BCUT2D eigenvalue weighted by Crippen LogP contribution is 2.22. The highest BCUT2D eigenvalue weighted by molar-refractivity contribution is 7.89. The van der Waals surface area contributed by atoms with Gasteiger partial charge in [0.25, 0.3) is 0 Å². The van der Waals surface area contributed by atoms with E-state index in [1.807, 2.05) is 6.92 Å². The third-order valence-corrected chi connectivity index (χ3v) is 5.96. The zero-order valence-electron chi connectivity index (χ0n) is 15.3. The number of anilines is 1. The Bertz CT molecular complexity index is 757. The molecular weight excluding hydrogens is 352 g/mol. The van der Waals surface area contributed by atoms with Crippen LogP contribution in [0.4, 0.5) is 5.69 Å². The van der Waals surface area contributed by atoms with Crippen LogP contribution in [0.1, 0.15) is 62.2 Å². The summed E-state index contributed by atoms with van der Waals surface area (Å²) in [4.78, 5) is 11.5. The van der Waals surface area contributed by atoms with Gasteiger partial charge in [0.2, 0.25) is 10.0 Å². The van der Waals surface area contributed by atoms with E-state index in [2.05, 4.69) is 16.1 Å². The molecule has 0 spiro atoms. The van der Waals surface area contributed by atoms with Crippen LogP contribution in [0.2, 0.25) is 0 Å². The quantitative estimate of drug-likeness (QED) is 0.424. The predicted octanol–water partition coefficient (Wildman–Crippen LogP) is 3.77. The minimum atomic E-state index is -3.73. The van der Waals surface area contributed by atoms with Crippen molar-refractivity contribution in [1.82, 2.24) is 4.72 Å². The Balaban J connectivity index is 2.06. The maximum absolute atomic E-state index is 12.5. The molecule has 1 aromatic rings. The van der Waals surface area contributed by atoms with E-state index in [0.717, 1.165) is 32.1 Å². The number of carboxylic acids is 1. The summed E-state index contributed by atoms with van der Waals surface area (Å²) in [5, 5.41) is 12.5. The molecule has 7 heteroatoms. The molecule has 0 amide bonds. The Morgan fingerprint density at radius 3 is 2.69 bits per heavy atom. The van der Waals surface area contributed by atoms with Crippen LogP contribution in [-0.4, -0.2) is 32.6 Å². The van der Waals surface area contributed by atoms with E-state index in [9.17, 15) is 18.3 Å². The molecule has 0 radical (unpaired) electrons. The molecule has 0 saturated carbocycles. The molecule has 0 aliphatic heterocycles. The number of benzene rings is 1. The summed E-state index contributed by atoms with van der Waals surface area (Å²) in [5.74, 6) is -1.14. The van der Waals surface area contributed by atoms with Gasteiger partial charge in [-0.1, -0.05) is 25.0 Å². The third-order valence-electron chi connectivity index (χ3n) is 4.50. The van der Waals surface area contributed by atoms with Gasteiger partial charge in [0, 0.05) is 18.8 Å². The van der Waals surface area contributed by atoms with Gasteiger partial charge < -0.3 is 10.4 Å². The Morgan fingerprint density at radius 2 is 2.04 bits per heavy atom. The fourth-order valence-corrected chi connectivity index (χ4v) is 4.04. The number of allylic oxidation sites excluding steroid dienone is 1. The number of carbonyl (C=O) groups is 1. The number of hydrogen-bond donors (Lipinski definition) is 3. The lowest BCUT2D eigenvalue weighted by molar-refractivity contribution is 0.0697. The van der Waals surface area contributed by atoms with Crippen LogP contribution in [0.15, 0.2) is 34.7 Å². The summed E-state index contributed by atoms with van der Waals surface area (Å²) in [7, 11) is -3.73. The zero-order chi connectivity index (χ0) is 19.0. The van der Waals surface area contributed by atoms with E-state index < -0.39 is 16.0 Å². The number of unbranched alkanes of at least 4 members (excludes halogenated alkanes) is 1. The fraction of sp³-hybridized carbons (Fsp3) is 0.526. The Labute approximate surface area is 155 Å². The lowest BCUT2D eigenvalue weighted by atomic mass is 9.97. The van der Waals surface area contributed by atoms with Crippen molar-refractivity contribution in [1.29, 1.82) is 0 Å². The van der Waals surface area contributed by atoms with Crippen LogP contribution in [0, 0.1) is 0 Å². The summed E-state index contributed by atoms with van der Waals surface area (Å²) in [6.07, 6.45) is 9.25. The Kier molecular flexibility index (Phi) is 7.66. The van der Waals surface area contributed by atoms with Gasteiger partial charge in [0.1, 0.15) is 0 Å². The van der Waals surface area contributed by atoms with E-state index in [-0.39, 0.29) is 10.5 Å². The van der Waals surface area contributed by atoms with Crippen molar-refractivity contribution in [3.05, 3.63) is 35.4 Å². The fourth-order valence-electron chi connectivity index (χ4n) is 2.98. The van der Waals surface area contributed by atoms with Gasteiger partial charge in [-0.05, 0) is 56.7 Å². The molecule has 6 nitrogen and oxygen atoms in total. The van der Waals surface area contributed by atoms with Crippen molar-refractivity contribution < 1.29 is 18.3 Å². The maximum atomic E-state index is 12.5. The molecule has 1 aliphatic rings. The molecule has 0 bridgehead atoms. The average Bonchev–Trinajstić information content (AvgIpc) is 2.62. The van der Waals surface area contributed by atoms with E-state index in [1.54, 1.807) is 0 Å². The smallest absolute Gasteiger partial charge is 0.337 e. The van der Waals surface area contributed by atoms with Crippen molar-refractivity contribution >= 4 is 21.7 Å². The van der Waals surface area contributed by atoms with Crippen LogP contribution in [0.25, 0.3) is 0 Å². The molecule has 0 saturated heterocycles. The number of hydrogen-bond acceptors (Lipinski definition) is 4. The van der Waals surface area contributed by atoms with E-state index in [0.29, 0.717) is 25.2 Å². The number of aromatic carboxylic acids is 1. The number of carboxylic acid groups (broad SMARTS) is 1. The van der Waals surface area contributed by atoms with Gasteiger partial charge >= 0.3 is 5.97 Å². The molecule has 3 N–H and O–H groups in total. The van der Waals surface area contributed by atoms with Gasteiger partial charge in [0.05, 0.1) is 10.5 Å². The third kappa shape index (κ3) is 5.85. The summed E-state index contributed by atoms with van der Waals surface area (Å²) < 4.78 is 27.5. The lowest BCUT2D eigenvalue weighted by Crippen LogP contribution is -2.25. The maximum Gasteiger partial charge on any atom is 0.337 e. The van der Waals surface area contributed by atoms with Crippen molar-refractivity contribution in [3.8, 4) is 0 Å². The summed E-state index contributed by atoms with van der Waals surface area (Å²) >= 11 is 0. The lowest BCUT2D eigenvalue weighted by Gasteiger charge is -2.14. The number of nitrogens with one attached hydrogen (secondary N) is 2. The van der Waals surface area contributed by atoms with Crippen LogP contribution in [0.5, 0.6) is 0 Å². The summed E-state index contributed by atoms with van der Waals surface area (Å²) in [6.45, 7) is 3.02. The van der Waals surface area contributed by atoms with Crippen LogP contribution < -0.4 is 10.0 Å². The molecule has 144 valence electrons. The normalized spacial score (nSPS) is 14.7. The average molecular weight is 381 g/mol. The van der Waals surface area contributed by atoms with Crippen LogP contribution in [-0.2, 0) is 10.0 Å². The van der Waals surface area contributed by atoms with E-state index >= 15 is 0 Å². The highest BCUT2D eigenvalue weighted by atomic mass is 32.2. The molecule has 2 rings (SSSR count). The van der Waals surface area contributed by atoms with E-state index in [1.165, 1.54) is 30.2 Å². The first kappa shape index (κ1) is 20.5. The molecule has 0 atom stereocenters. The molecule has 26 heavy (non-hydrogen) atoms. The highest BCUT2D eigenvalue weighted by Gasteiger charge is 2.19. The molecule has 1 aliphatic carbocycles. The second kappa shape index (κ2) is 9.73. The predicted molar refractivity (Wildman–Crippen MR) is 103 cm³/mol. The van der Waals surface area contributed by atoms with E-state index in [4.69, 9.17) is 0 Å². The van der Waals surface area contributed by atoms with Gasteiger partial charge in [-0.3, -0.25) is 0 Å². The topological polar surface area (TPSA) is 95.5 Å². The SMILES string of the molecule is CCCCNc1ccc(S(=O)(=O)NCCC2=CCCCC2)cc1C(=O)O. The van der Waals surface area contributed by atoms with Crippen LogP contribution >= 0.6 is 0 Å². The molecule has 0 heterocycles. The molecule has 0 unspecified atom stereocenters. The van der Waals surface area contributed by atoms with Gasteiger partial charge in [-0.25, -0.2) is 17.9 Å². The number of rotatable bonds is 10. The van der Waals surface area contributed by atoms with Crippen molar-refractivity contribution in [2.75, 3.05) is 18.4 Å². The first-order valence-electron chi connectivity index (χ1n) is 9.23. The monoisotopic (exact) mass is 380 g/mol. The van der Waals surface area contributed by atoms with Crippen LogP contribution in [0.3, 0.4) is 0 Å². The van der Waals surface area contributed by atoms with Gasteiger partial charge in [-0.15, -0.1) is 0 Å². The summed E-state index contributed by atoms with van der Waals surface area (Å²) in [5.41, 5.74) is 1.71. The summed E-state index contributed by atoms with van der Waals surface area (Å²) in [6, 6.07) is 4.19. The molecule has 1 aromatic carbocycles. The Morgan fingerprint density at radius 1 is 1.23 bits per heavy atom. The first-order chi connectivity index (χ1) is 12.4. The standard InChI is InChI=1S/C19H28N2O4S/c1-2-3-12-20-18-10-9-16(14-17(18)19(22)23)26(24,25)21-13-11-15-7-5-4-6-8-15/h7,9-10,14,20-21H,2-6,8,11-13H2,1H3,(H,22,23). The van der Waals surface area contributed by atoms with Gasteiger partial charge in [0.15, 0.2) is 0 Å². The molecule has 0 aromatic heterocycles. The molecular formula is C19H28N2O4S. The first-order valence-corrected chi connectivity index (χ1v) is 10.7. The Hall–Kier alpha value is -1.86. The second-order valence-corrected chi connectivity index (χ2v) is 8.32.